The molecule has 0 spiro atoms. The smallest absolute Gasteiger partial charge is 0.338 e. The van der Waals surface area contributed by atoms with Crippen molar-refractivity contribution >= 4 is 16.0 Å². The Balaban J connectivity index is 1.64. The summed E-state index contributed by atoms with van der Waals surface area (Å²) >= 11 is 0. The fourth-order valence-corrected chi connectivity index (χ4v) is 4.81. The van der Waals surface area contributed by atoms with Crippen LogP contribution in [-0.4, -0.2) is 71.4 Å². The summed E-state index contributed by atoms with van der Waals surface area (Å²) in [4.78, 5) is 14.8. The molecule has 1 aromatic carbocycles. The number of benzene rings is 1. The van der Waals surface area contributed by atoms with Gasteiger partial charge in [-0.05, 0) is 37.0 Å². The molecule has 1 saturated carbocycles. The van der Waals surface area contributed by atoms with Gasteiger partial charge >= 0.3 is 5.97 Å². The summed E-state index contributed by atoms with van der Waals surface area (Å²) in [6.07, 6.45) is 1.45. The number of morpholine rings is 1. The van der Waals surface area contributed by atoms with Gasteiger partial charge in [-0.15, -0.1) is 0 Å². The zero-order chi connectivity index (χ0) is 21.0. The van der Waals surface area contributed by atoms with Crippen LogP contribution in [0.3, 0.4) is 0 Å². The molecular formula is C20H30N2O6S. The Morgan fingerprint density at radius 2 is 2.10 bits per heavy atom. The Kier molecular flexibility index (Phi) is 7.15. The van der Waals surface area contributed by atoms with E-state index in [9.17, 15) is 13.2 Å². The molecule has 0 bridgehead atoms. The molecule has 1 saturated heterocycles. The van der Waals surface area contributed by atoms with Gasteiger partial charge in [0.2, 0.25) is 10.0 Å². The van der Waals surface area contributed by atoms with E-state index in [1.54, 1.807) is 0 Å². The molecular weight excluding hydrogens is 396 g/mol. The SMILES string of the molecule is COc1ccc(C(=O)OC[C@H]2CN(CC(C)C)CCO2)cc1S(=O)(=O)NC1CC1. The molecule has 2 aliphatic rings. The van der Waals surface area contributed by atoms with Gasteiger partial charge in [0.15, 0.2) is 0 Å². The molecule has 1 aliphatic carbocycles. The average Bonchev–Trinajstić information content (AvgIpc) is 3.48. The summed E-state index contributed by atoms with van der Waals surface area (Å²) in [7, 11) is -2.37. The molecule has 1 atom stereocenters. The lowest BCUT2D eigenvalue weighted by atomic mass is 10.2. The van der Waals surface area contributed by atoms with Crippen molar-refractivity contribution in [3.05, 3.63) is 23.8 Å². The van der Waals surface area contributed by atoms with E-state index < -0.39 is 16.0 Å². The average molecular weight is 427 g/mol. The van der Waals surface area contributed by atoms with E-state index in [1.807, 2.05) is 0 Å². The van der Waals surface area contributed by atoms with Gasteiger partial charge in [0, 0.05) is 25.7 Å². The number of ether oxygens (including phenoxy) is 3. The van der Waals surface area contributed by atoms with Gasteiger partial charge < -0.3 is 14.2 Å². The van der Waals surface area contributed by atoms with Crippen LogP contribution in [0.15, 0.2) is 23.1 Å². The first-order chi connectivity index (χ1) is 13.8. The van der Waals surface area contributed by atoms with Crippen LogP contribution >= 0.6 is 0 Å². The number of methoxy groups -OCH3 is 1. The van der Waals surface area contributed by atoms with E-state index >= 15 is 0 Å². The topological polar surface area (TPSA) is 94.2 Å². The largest absolute Gasteiger partial charge is 0.495 e. The van der Waals surface area contributed by atoms with Gasteiger partial charge in [-0.3, -0.25) is 4.90 Å². The van der Waals surface area contributed by atoms with Gasteiger partial charge in [-0.2, -0.15) is 0 Å². The molecule has 1 aliphatic heterocycles. The predicted molar refractivity (Wildman–Crippen MR) is 108 cm³/mol. The fraction of sp³-hybridized carbons (Fsp3) is 0.650. The summed E-state index contributed by atoms with van der Waals surface area (Å²) in [6.45, 7) is 7.61. The minimum Gasteiger partial charge on any atom is -0.495 e. The molecule has 1 aromatic rings. The number of hydrogen-bond donors (Lipinski definition) is 1. The van der Waals surface area contributed by atoms with Crippen LogP contribution in [0.1, 0.15) is 37.0 Å². The molecule has 3 rings (SSSR count). The van der Waals surface area contributed by atoms with Gasteiger partial charge in [-0.1, -0.05) is 13.8 Å². The molecule has 1 N–H and O–H groups in total. The Labute approximate surface area is 172 Å². The summed E-state index contributed by atoms with van der Waals surface area (Å²) in [6, 6.07) is 4.24. The van der Waals surface area contributed by atoms with Gasteiger partial charge in [0.1, 0.15) is 23.4 Å². The molecule has 29 heavy (non-hydrogen) atoms. The van der Waals surface area contributed by atoms with Crippen LogP contribution in [0.4, 0.5) is 0 Å². The predicted octanol–water partition coefficient (Wildman–Crippen LogP) is 1.65. The van der Waals surface area contributed by atoms with Crippen molar-refractivity contribution in [2.24, 2.45) is 5.92 Å². The summed E-state index contributed by atoms with van der Waals surface area (Å²) in [5, 5.41) is 0. The lowest BCUT2D eigenvalue weighted by Gasteiger charge is -2.33. The Morgan fingerprint density at radius 1 is 1.34 bits per heavy atom. The molecule has 0 unspecified atom stereocenters. The molecule has 0 radical (unpaired) electrons. The number of rotatable bonds is 9. The Morgan fingerprint density at radius 3 is 2.76 bits per heavy atom. The highest BCUT2D eigenvalue weighted by atomic mass is 32.2. The summed E-state index contributed by atoms with van der Waals surface area (Å²) < 4.78 is 44.1. The van der Waals surface area contributed by atoms with Crippen LogP contribution in [-0.2, 0) is 19.5 Å². The standard InChI is InChI=1S/C20H30N2O6S/c1-14(2)11-22-8-9-27-17(12-22)13-28-20(23)15-4-7-18(26-3)19(10-15)29(24,25)21-16-5-6-16/h4,7,10,14,16-17,21H,5-6,8-9,11-13H2,1-3H3/t17-/m1/s1. The minimum absolute atomic E-state index is 0.0439. The Hall–Kier alpha value is -1.68. The first-order valence-electron chi connectivity index (χ1n) is 10.00. The molecule has 0 amide bonds. The van der Waals surface area contributed by atoms with Gasteiger partial charge in [0.25, 0.3) is 0 Å². The zero-order valence-corrected chi connectivity index (χ0v) is 18.0. The second-order valence-electron chi connectivity index (χ2n) is 8.01. The number of carbonyl (C=O) groups excluding carboxylic acids is 1. The molecule has 9 heteroatoms. The highest BCUT2D eigenvalue weighted by Crippen LogP contribution is 2.28. The maximum atomic E-state index is 12.6. The first-order valence-corrected chi connectivity index (χ1v) is 11.5. The highest BCUT2D eigenvalue weighted by molar-refractivity contribution is 7.89. The minimum atomic E-state index is -3.76. The quantitative estimate of drug-likeness (QED) is 0.600. The number of sulfonamides is 1. The van der Waals surface area contributed by atoms with Crippen LogP contribution < -0.4 is 9.46 Å². The maximum Gasteiger partial charge on any atom is 0.338 e. The van der Waals surface area contributed by atoms with Crippen molar-refractivity contribution in [3.8, 4) is 5.75 Å². The van der Waals surface area contributed by atoms with Crippen molar-refractivity contribution in [2.45, 2.75) is 43.7 Å². The second-order valence-corrected chi connectivity index (χ2v) is 9.69. The molecule has 1 heterocycles. The zero-order valence-electron chi connectivity index (χ0n) is 17.2. The number of nitrogens with zero attached hydrogens (tertiary/aromatic N) is 1. The molecule has 2 fully saturated rings. The number of hydrogen-bond acceptors (Lipinski definition) is 7. The van der Waals surface area contributed by atoms with E-state index in [-0.39, 0.29) is 35.0 Å². The van der Waals surface area contributed by atoms with Crippen LogP contribution in [0.25, 0.3) is 0 Å². The van der Waals surface area contributed by atoms with E-state index in [1.165, 1.54) is 25.3 Å². The van der Waals surface area contributed by atoms with Crippen molar-refractivity contribution in [3.63, 3.8) is 0 Å². The van der Waals surface area contributed by atoms with Crippen LogP contribution in [0.5, 0.6) is 5.75 Å². The number of nitrogens with one attached hydrogen (secondary N) is 1. The van der Waals surface area contributed by atoms with Crippen LogP contribution in [0, 0.1) is 5.92 Å². The van der Waals surface area contributed by atoms with Gasteiger partial charge in [0.05, 0.1) is 19.3 Å². The molecule has 8 nitrogen and oxygen atoms in total. The molecule has 162 valence electrons. The first kappa shape index (κ1) is 22.0. The second kappa shape index (κ2) is 9.42. The van der Waals surface area contributed by atoms with Crippen LogP contribution in [0.2, 0.25) is 0 Å². The van der Waals surface area contributed by atoms with E-state index in [2.05, 4.69) is 23.5 Å². The van der Waals surface area contributed by atoms with Gasteiger partial charge in [-0.25, -0.2) is 17.9 Å². The summed E-state index contributed by atoms with van der Waals surface area (Å²) in [5.41, 5.74) is 0.164. The lowest BCUT2D eigenvalue weighted by molar-refractivity contribution is -0.0612. The highest BCUT2D eigenvalue weighted by Gasteiger charge is 2.30. The van der Waals surface area contributed by atoms with E-state index in [0.717, 1.165) is 25.9 Å². The fourth-order valence-electron chi connectivity index (χ4n) is 3.31. The van der Waals surface area contributed by atoms with Crippen molar-refractivity contribution in [1.29, 1.82) is 0 Å². The number of carbonyl (C=O) groups is 1. The molecule has 0 aromatic heterocycles. The van der Waals surface area contributed by atoms with Crippen molar-refractivity contribution < 1.29 is 27.4 Å². The third kappa shape index (κ3) is 6.15. The van der Waals surface area contributed by atoms with E-state index in [4.69, 9.17) is 14.2 Å². The third-order valence-electron chi connectivity index (χ3n) is 4.83. The monoisotopic (exact) mass is 426 g/mol. The van der Waals surface area contributed by atoms with E-state index in [0.29, 0.717) is 19.1 Å². The van der Waals surface area contributed by atoms with Crippen molar-refractivity contribution in [2.75, 3.05) is 40.0 Å². The normalized spacial score (nSPS) is 20.6. The lowest BCUT2D eigenvalue weighted by Crippen LogP contribution is -2.45. The van der Waals surface area contributed by atoms with Crippen molar-refractivity contribution in [1.82, 2.24) is 9.62 Å². The maximum absolute atomic E-state index is 12.6. The summed E-state index contributed by atoms with van der Waals surface area (Å²) in [5.74, 6) is 0.162. The third-order valence-corrected chi connectivity index (χ3v) is 6.38. The Bertz CT molecular complexity index is 822. The number of esters is 1.